The van der Waals surface area contributed by atoms with Gasteiger partial charge in [-0.3, -0.25) is 9.52 Å². The average molecular weight is 642 g/mol. The van der Waals surface area contributed by atoms with Gasteiger partial charge < -0.3 is 14.7 Å². The Morgan fingerprint density at radius 3 is 2.51 bits per heavy atom. The summed E-state index contributed by atoms with van der Waals surface area (Å²) in [5, 5.41) is 11.9. The number of halogens is 1. The number of thiophene rings is 1. The maximum atomic E-state index is 13.4. The van der Waals surface area contributed by atoms with Gasteiger partial charge in [0.15, 0.2) is 0 Å². The van der Waals surface area contributed by atoms with Gasteiger partial charge in [-0.25, -0.2) is 16.8 Å². The number of likely N-dealkylation sites (N-methyl/N-ethyl adjacent to an activating group) is 1. The second-order valence-electron chi connectivity index (χ2n) is 9.99. The summed E-state index contributed by atoms with van der Waals surface area (Å²) in [6.45, 7) is 3.55. The first-order valence-corrected chi connectivity index (χ1v) is 17.0. The van der Waals surface area contributed by atoms with E-state index in [4.69, 9.17) is 16.3 Å². The van der Waals surface area contributed by atoms with E-state index in [9.17, 15) is 26.7 Å². The van der Waals surface area contributed by atoms with Crippen molar-refractivity contribution < 1.29 is 31.5 Å². The molecule has 1 aliphatic heterocycles. The van der Waals surface area contributed by atoms with E-state index in [0.717, 1.165) is 11.3 Å². The van der Waals surface area contributed by atoms with Crippen LogP contribution in [-0.4, -0.2) is 75.9 Å². The standard InChI is InChI=1S/C27H32ClN3O7S3/c1-18-15-31(19(2)17-32)26(33)14-20-13-22(29-40(34,35)23-9-6-21(28)7-10-23)8-11-24(20)38-25(18)16-30(3)41(36,37)27-5-4-12-39-27/h4-13,18-19,25,29,32H,14-17H2,1-3H3/t18-,19+,25+/m1/s1. The third kappa shape index (κ3) is 7.22. The lowest BCUT2D eigenvalue weighted by Crippen LogP contribution is -2.48. The van der Waals surface area contributed by atoms with E-state index in [2.05, 4.69) is 4.72 Å². The van der Waals surface area contributed by atoms with Crippen LogP contribution in [-0.2, 0) is 31.3 Å². The molecule has 10 nitrogen and oxygen atoms in total. The fraction of sp³-hybridized carbons (Fsp3) is 0.370. The van der Waals surface area contributed by atoms with Crippen molar-refractivity contribution in [3.05, 3.63) is 70.6 Å². The van der Waals surface area contributed by atoms with Gasteiger partial charge in [0.2, 0.25) is 5.91 Å². The van der Waals surface area contributed by atoms with Gasteiger partial charge in [-0.05, 0) is 60.8 Å². The molecule has 0 radical (unpaired) electrons. The second kappa shape index (κ2) is 12.7. The second-order valence-corrected chi connectivity index (χ2v) is 15.3. The zero-order valence-electron chi connectivity index (χ0n) is 22.7. The van der Waals surface area contributed by atoms with E-state index in [0.29, 0.717) is 16.3 Å². The predicted molar refractivity (Wildman–Crippen MR) is 158 cm³/mol. The number of carbonyl (C=O) groups is 1. The molecule has 2 heterocycles. The van der Waals surface area contributed by atoms with Crippen LogP contribution >= 0.6 is 22.9 Å². The fourth-order valence-electron chi connectivity index (χ4n) is 4.45. The Morgan fingerprint density at radius 1 is 1.17 bits per heavy atom. The van der Waals surface area contributed by atoms with Gasteiger partial charge in [0.05, 0.1) is 30.5 Å². The molecule has 0 saturated heterocycles. The van der Waals surface area contributed by atoms with Gasteiger partial charge in [0, 0.05) is 35.8 Å². The average Bonchev–Trinajstić information content (AvgIpc) is 3.48. The summed E-state index contributed by atoms with van der Waals surface area (Å²) in [4.78, 5) is 15.0. The highest BCUT2D eigenvalue weighted by atomic mass is 35.5. The molecule has 1 aliphatic rings. The van der Waals surface area contributed by atoms with E-state index in [1.54, 1.807) is 29.3 Å². The highest BCUT2D eigenvalue weighted by Gasteiger charge is 2.34. The van der Waals surface area contributed by atoms with Gasteiger partial charge in [-0.1, -0.05) is 24.6 Å². The Kier molecular flexibility index (Phi) is 9.66. The van der Waals surface area contributed by atoms with Crippen LogP contribution < -0.4 is 9.46 Å². The number of carbonyl (C=O) groups excluding carboxylic acids is 1. The Morgan fingerprint density at radius 2 is 1.88 bits per heavy atom. The maximum absolute atomic E-state index is 13.4. The largest absolute Gasteiger partial charge is 0.488 e. The third-order valence-corrected chi connectivity index (χ3v) is 11.7. The number of anilines is 1. The monoisotopic (exact) mass is 641 g/mol. The number of ether oxygens (including phenoxy) is 1. The molecule has 1 amide bonds. The molecule has 0 fully saturated rings. The summed E-state index contributed by atoms with van der Waals surface area (Å²) in [5.74, 6) is -0.255. The SMILES string of the molecule is C[C@@H]1CN([C@@H](C)CO)C(=O)Cc2cc(NS(=O)(=O)c3ccc(Cl)cc3)ccc2O[C@H]1CN(C)S(=O)(=O)c1cccs1. The first-order chi connectivity index (χ1) is 19.3. The van der Waals surface area contributed by atoms with Gasteiger partial charge in [-0.15, -0.1) is 11.3 Å². The van der Waals surface area contributed by atoms with E-state index in [1.165, 1.54) is 53.8 Å². The minimum absolute atomic E-state index is 0.00131. The van der Waals surface area contributed by atoms with Crippen molar-refractivity contribution in [2.45, 2.75) is 41.5 Å². The summed E-state index contributed by atoms with van der Waals surface area (Å²) >= 11 is 7.01. The number of fused-ring (bicyclic) bond motifs is 1. The van der Waals surface area contributed by atoms with Gasteiger partial charge in [0.25, 0.3) is 20.0 Å². The summed E-state index contributed by atoms with van der Waals surface area (Å²) in [5.41, 5.74) is 0.641. The maximum Gasteiger partial charge on any atom is 0.261 e. The number of nitrogens with one attached hydrogen (secondary N) is 1. The zero-order chi connectivity index (χ0) is 29.9. The van der Waals surface area contributed by atoms with Gasteiger partial charge in [0.1, 0.15) is 16.1 Å². The first-order valence-electron chi connectivity index (χ1n) is 12.8. The Bertz CT molecular complexity index is 1580. The fourth-order valence-corrected chi connectivity index (χ4v) is 8.01. The normalized spacial score (nSPS) is 19.1. The lowest BCUT2D eigenvalue weighted by molar-refractivity contribution is -0.134. The molecule has 0 spiro atoms. The van der Waals surface area contributed by atoms with Crippen molar-refractivity contribution in [1.29, 1.82) is 0 Å². The molecule has 2 N–H and O–H groups in total. The number of aliphatic hydroxyl groups is 1. The highest BCUT2D eigenvalue weighted by molar-refractivity contribution is 7.92. The number of hydrogen-bond acceptors (Lipinski definition) is 8. The number of rotatable bonds is 9. The van der Waals surface area contributed by atoms with E-state index < -0.39 is 32.2 Å². The van der Waals surface area contributed by atoms with Crippen molar-refractivity contribution in [2.24, 2.45) is 5.92 Å². The molecule has 2 aromatic carbocycles. The summed E-state index contributed by atoms with van der Waals surface area (Å²) < 4.78 is 62.5. The smallest absolute Gasteiger partial charge is 0.261 e. The molecule has 3 atom stereocenters. The molecule has 4 rings (SSSR count). The molecule has 1 aromatic heterocycles. The minimum atomic E-state index is -3.95. The number of aliphatic hydroxyl groups excluding tert-OH is 1. The Hall–Kier alpha value is -2.68. The van der Waals surface area contributed by atoms with Crippen molar-refractivity contribution >= 4 is 54.6 Å². The lowest BCUT2D eigenvalue weighted by atomic mass is 10.0. The zero-order valence-corrected chi connectivity index (χ0v) is 25.9. The molecule has 0 saturated carbocycles. The number of amides is 1. The van der Waals surface area contributed by atoms with Crippen molar-refractivity contribution in [2.75, 3.05) is 31.5 Å². The molecule has 14 heteroatoms. The van der Waals surface area contributed by atoms with Crippen LogP contribution in [0.15, 0.2) is 69.1 Å². The molecule has 0 aliphatic carbocycles. The highest BCUT2D eigenvalue weighted by Crippen LogP contribution is 2.31. The molecule has 0 unspecified atom stereocenters. The summed E-state index contributed by atoms with van der Waals surface area (Å²) in [7, 11) is -6.23. The van der Waals surface area contributed by atoms with Crippen LogP contribution in [0.1, 0.15) is 19.4 Å². The van der Waals surface area contributed by atoms with E-state index in [1.807, 2.05) is 6.92 Å². The van der Waals surface area contributed by atoms with Crippen LogP contribution in [0.4, 0.5) is 5.69 Å². The van der Waals surface area contributed by atoms with Gasteiger partial charge in [-0.2, -0.15) is 4.31 Å². The lowest BCUT2D eigenvalue weighted by Gasteiger charge is -2.33. The minimum Gasteiger partial charge on any atom is -0.488 e. The molecular weight excluding hydrogens is 610 g/mol. The molecule has 3 aromatic rings. The quantitative estimate of drug-likeness (QED) is 0.364. The number of benzene rings is 2. The van der Waals surface area contributed by atoms with E-state index in [-0.39, 0.29) is 52.7 Å². The Labute approximate surface area is 249 Å². The van der Waals surface area contributed by atoms with Crippen molar-refractivity contribution in [3.63, 3.8) is 0 Å². The molecule has 41 heavy (non-hydrogen) atoms. The molecule has 0 bridgehead atoms. The van der Waals surface area contributed by atoms with Crippen LogP contribution in [0.25, 0.3) is 0 Å². The van der Waals surface area contributed by atoms with Crippen LogP contribution in [0.3, 0.4) is 0 Å². The number of sulfonamides is 2. The van der Waals surface area contributed by atoms with Gasteiger partial charge >= 0.3 is 0 Å². The number of hydrogen-bond donors (Lipinski definition) is 2. The molecular formula is C27H32ClN3O7S3. The Balaban J connectivity index is 1.68. The predicted octanol–water partition coefficient (Wildman–Crippen LogP) is 3.67. The van der Waals surface area contributed by atoms with Crippen LogP contribution in [0.5, 0.6) is 5.75 Å². The molecule has 222 valence electrons. The van der Waals surface area contributed by atoms with Crippen LogP contribution in [0, 0.1) is 5.92 Å². The first kappa shape index (κ1) is 31.3. The number of nitrogens with zero attached hydrogens (tertiary/aromatic N) is 2. The summed E-state index contributed by atoms with van der Waals surface area (Å²) in [6.07, 6.45) is -0.775. The van der Waals surface area contributed by atoms with E-state index >= 15 is 0 Å². The van der Waals surface area contributed by atoms with Crippen molar-refractivity contribution in [3.8, 4) is 5.75 Å². The summed E-state index contributed by atoms with van der Waals surface area (Å²) in [6, 6.07) is 13.0. The topological polar surface area (TPSA) is 133 Å². The van der Waals surface area contributed by atoms with Crippen molar-refractivity contribution in [1.82, 2.24) is 9.21 Å². The van der Waals surface area contributed by atoms with Crippen LogP contribution in [0.2, 0.25) is 5.02 Å². The third-order valence-electron chi connectivity index (χ3n) is 6.89.